The molecule has 14 heteroatoms. The van der Waals surface area contributed by atoms with Gasteiger partial charge in [0.15, 0.2) is 5.76 Å². The van der Waals surface area contributed by atoms with Crippen LogP contribution in [0.15, 0.2) is 29.0 Å². The van der Waals surface area contributed by atoms with Crippen LogP contribution in [-0.2, 0) is 32.2 Å². The molecule has 0 bridgehead atoms. The second kappa shape index (κ2) is 11.6. The largest absolute Gasteiger partial charge is 0.497 e. The van der Waals surface area contributed by atoms with E-state index >= 15 is 0 Å². The van der Waals surface area contributed by atoms with Gasteiger partial charge in [-0.1, -0.05) is 5.16 Å². The van der Waals surface area contributed by atoms with E-state index in [4.69, 9.17) is 22.9 Å². The molecular formula is C28H33N5O8S. The number of fused-ring (bicyclic) bond motifs is 1. The summed E-state index contributed by atoms with van der Waals surface area (Å²) in [5.74, 6) is 1.58. The molecule has 0 saturated heterocycles. The normalized spacial score (nSPS) is 13.5. The van der Waals surface area contributed by atoms with Crippen LogP contribution in [0.4, 0.5) is 5.82 Å². The highest BCUT2D eigenvalue weighted by atomic mass is 32.2. The third-order valence-electron chi connectivity index (χ3n) is 7.04. The van der Waals surface area contributed by atoms with Gasteiger partial charge in [0.05, 0.1) is 38.7 Å². The Balaban J connectivity index is 1.74. The lowest BCUT2D eigenvalue weighted by atomic mass is 10.0. The molecule has 4 aromatic rings. The second-order valence-corrected chi connectivity index (χ2v) is 11.9. The Labute approximate surface area is 243 Å². The van der Waals surface area contributed by atoms with Crippen molar-refractivity contribution in [3.63, 3.8) is 0 Å². The summed E-state index contributed by atoms with van der Waals surface area (Å²) >= 11 is 0. The van der Waals surface area contributed by atoms with Crippen LogP contribution in [0, 0.1) is 0 Å². The van der Waals surface area contributed by atoms with E-state index in [1.54, 1.807) is 20.3 Å². The first kappa shape index (κ1) is 29.3. The minimum absolute atomic E-state index is 0.0471. The van der Waals surface area contributed by atoms with Crippen molar-refractivity contribution in [1.82, 2.24) is 19.7 Å². The smallest absolute Gasteiger partial charge is 0.343 e. The lowest BCUT2D eigenvalue weighted by Gasteiger charge is -2.14. The fraction of sp³-hybridized carbons (Fsp3) is 0.429. The topological polar surface area (TPSA) is 157 Å². The Morgan fingerprint density at radius 3 is 2.55 bits per heavy atom. The van der Waals surface area contributed by atoms with E-state index in [9.17, 15) is 13.2 Å². The van der Waals surface area contributed by atoms with Crippen LogP contribution in [0.1, 0.15) is 66.0 Å². The van der Waals surface area contributed by atoms with Gasteiger partial charge in [-0.05, 0) is 38.8 Å². The van der Waals surface area contributed by atoms with E-state index < -0.39 is 16.1 Å². The first-order valence-electron chi connectivity index (χ1n) is 13.3. The van der Waals surface area contributed by atoms with E-state index in [0.29, 0.717) is 51.9 Å². The molecule has 1 saturated carbocycles. The first-order valence-corrected chi connectivity index (χ1v) is 15.1. The highest BCUT2D eigenvalue weighted by Gasteiger charge is 2.38. The molecule has 3 heterocycles. The van der Waals surface area contributed by atoms with Gasteiger partial charge in [-0.15, -0.1) is 0 Å². The molecule has 0 spiro atoms. The van der Waals surface area contributed by atoms with Gasteiger partial charge in [-0.3, -0.25) is 4.18 Å². The number of carbonyl (C=O) groups excluding carboxylic acids is 1. The minimum atomic E-state index is -3.82. The van der Waals surface area contributed by atoms with Crippen molar-refractivity contribution in [2.24, 2.45) is 0 Å². The van der Waals surface area contributed by atoms with Gasteiger partial charge in [-0.2, -0.15) is 8.42 Å². The molecule has 3 aromatic heterocycles. The van der Waals surface area contributed by atoms with E-state index in [0.717, 1.165) is 24.7 Å². The van der Waals surface area contributed by atoms with Crippen molar-refractivity contribution in [3.05, 3.63) is 47.1 Å². The number of benzene rings is 1. The van der Waals surface area contributed by atoms with Gasteiger partial charge in [-0.25, -0.2) is 14.8 Å². The summed E-state index contributed by atoms with van der Waals surface area (Å²) in [5, 5.41) is 8.22. The zero-order chi connectivity index (χ0) is 30.2. The average molecular weight is 600 g/mol. The zero-order valence-corrected chi connectivity index (χ0v) is 25.1. The molecule has 0 atom stereocenters. The maximum atomic E-state index is 13.1. The van der Waals surface area contributed by atoms with Crippen molar-refractivity contribution >= 4 is 32.9 Å². The second-order valence-electron chi connectivity index (χ2n) is 10.2. The third kappa shape index (κ3) is 5.63. The monoisotopic (exact) mass is 599 g/mol. The zero-order valence-electron chi connectivity index (χ0n) is 24.3. The Morgan fingerprint density at radius 2 is 1.93 bits per heavy atom. The summed E-state index contributed by atoms with van der Waals surface area (Å²) in [5.41, 5.74) is 2.59. The van der Waals surface area contributed by atoms with E-state index in [2.05, 4.69) is 20.4 Å². The number of aromatic nitrogens is 4. The fourth-order valence-corrected chi connectivity index (χ4v) is 5.33. The molecular weight excluding hydrogens is 566 g/mol. The number of esters is 1. The predicted molar refractivity (Wildman–Crippen MR) is 153 cm³/mol. The number of hydrogen-bond donors (Lipinski definition) is 1. The number of methoxy groups -OCH3 is 3. The first-order chi connectivity index (χ1) is 20.1. The van der Waals surface area contributed by atoms with Gasteiger partial charge >= 0.3 is 5.97 Å². The van der Waals surface area contributed by atoms with Crippen LogP contribution in [0.25, 0.3) is 22.3 Å². The maximum absolute atomic E-state index is 13.1. The van der Waals surface area contributed by atoms with Crippen LogP contribution in [0.5, 0.6) is 11.5 Å². The van der Waals surface area contributed by atoms with E-state index in [1.165, 1.54) is 13.4 Å². The van der Waals surface area contributed by atoms with Crippen LogP contribution in [-0.4, -0.2) is 61.7 Å². The summed E-state index contributed by atoms with van der Waals surface area (Å²) in [6.45, 7) is 3.85. The molecule has 0 radical (unpaired) electrons. The number of hydrogen-bond acceptors (Lipinski definition) is 12. The number of anilines is 1. The summed E-state index contributed by atoms with van der Waals surface area (Å²) in [6.07, 6.45) is 4.11. The molecule has 5 rings (SSSR count). The number of rotatable bonds is 12. The van der Waals surface area contributed by atoms with Gasteiger partial charge < -0.3 is 28.6 Å². The van der Waals surface area contributed by atoms with Crippen LogP contribution < -0.4 is 14.8 Å². The summed E-state index contributed by atoms with van der Waals surface area (Å²) in [7, 11) is 0.623. The summed E-state index contributed by atoms with van der Waals surface area (Å²) in [6, 6.07) is 5.31. The quantitative estimate of drug-likeness (QED) is 0.181. The molecule has 1 N–H and O–H groups in total. The lowest BCUT2D eigenvalue weighted by Crippen LogP contribution is -2.12. The van der Waals surface area contributed by atoms with Gasteiger partial charge in [0, 0.05) is 35.7 Å². The van der Waals surface area contributed by atoms with Crippen LogP contribution >= 0.6 is 0 Å². The Morgan fingerprint density at radius 1 is 1.17 bits per heavy atom. The van der Waals surface area contributed by atoms with Gasteiger partial charge in [0.25, 0.3) is 10.1 Å². The lowest BCUT2D eigenvalue weighted by molar-refractivity contribution is 0.0598. The van der Waals surface area contributed by atoms with Gasteiger partial charge in [0.1, 0.15) is 47.2 Å². The minimum Gasteiger partial charge on any atom is -0.497 e. The average Bonchev–Trinajstić information content (AvgIpc) is 3.63. The van der Waals surface area contributed by atoms with Crippen molar-refractivity contribution in [2.75, 3.05) is 32.9 Å². The third-order valence-corrected chi connectivity index (χ3v) is 7.59. The fourth-order valence-electron chi connectivity index (χ4n) is 5.01. The Kier molecular flexibility index (Phi) is 8.10. The van der Waals surface area contributed by atoms with Crippen molar-refractivity contribution in [3.8, 4) is 22.8 Å². The maximum Gasteiger partial charge on any atom is 0.343 e. The number of ether oxygens (including phenoxy) is 3. The number of carbonyl (C=O) groups is 1. The Hall–Kier alpha value is -4.17. The van der Waals surface area contributed by atoms with Crippen LogP contribution in [0.3, 0.4) is 0 Å². The SMILES string of the molecule is COC(=O)c1c(-c2c(COS(C)(=O)=O)n(C(C)C)c3ncnc(NCc4ccc(OC)cc4OC)c23)noc1C1CC1. The molecule has 1 aliphatic rings. The molecule has 42 heavy (non-hydrogen) atoms. The molecule has 13 nitrogen and oxygen atoms in total. The molecule has 224 valence electrons. The number of nitrogens with zero attached hydrogens (tertiary/aromatic N) is 4. The molecule has 0 aliphatic heterocycles. The molecule has 0 unspecified atom stereocenters. The predicted octanol–water partition coefficient (Wildman–Crippen LogP) is 4.44. The molecule has 0 amide bonds. The molecule has 1 aliphatic carbocycles. The Bertz CT molecular complexity index is 1740. The van der Waals surface area contributed by atoms with Crippen molar-refractivity contribution in [1.29, 1.82) is 0 Å². The highest BCUT2D eigenvalue weighted by Crippen LogP contribution is 2.47. The highest BCUT2D eigenvalue weighted by molar-refractivity contribution is 7.85. The van der Waals surface area contributed by atoms with Crippen molar-refractivity contribution in [2.45, 2.75) is 51.8 Å². The van der Waals surface area contributed by atoms with Crippen molar-refractivity contribution < 1.29 is 36.1 Å². The molecule has 1 aromatic carbocycles. The standard InChI is InChI=1S/C28H33N5O8S/c1-15(2)33-19(13-40-42(6,35)36)21(24-23(28(34)39-5)25(41-32-24)16-7-8-16)22-26(30-14-31-27(22)33)29-12-17-9-10-18(37-3)11-20(17)38-4/h9-11,14-16H,7-8,12-13H2,1-6H3,(H,29,30,31). The number of nitrogens with one attached hydrogen (secondary N) is 1. The van der Waals surface area contributed by atoms with Gasteiger partial charge in [0.2, 0.25) is 0 Å². The summed E-state index contributed by atoms with van der Waals surface area (Å²) < 4.78 is 53.1. The van der Waals surface area contributed by atoms with Crippen LogP contribution in [0.2, 0.25) is 0 Å². The van der Waals surface area contributed by atoms with E-state index in [-0.39, 0.29) is 29.8 Å². The summed E-state index contributed by atoms with van der Waals surface area (Å²) in [4.78, 5) is 22.2. The van der Waals surface area contributed by atoms with E-state index in [1.807, 2.05) is 30.5 Å². The molecule has 1 fully saturated rings.